The van der Waals surface area contributed by atoms with Gasteiger partial charge in [-0.25, -0.2) is 9.67 Å². The molecule has 0 radical (unpaired) electrons. The molecule has 7 nitrogen and oxygen atoms in total. The Kier molecular flexibility index (Phi) is 3.58. The predicted octanol–water partition coefficient (Wildman–Crippen LogP) is 1.44. The van der Waals surface area contributed by atoms with E-state index in [4.69, 9.17) is 0 Å². The Hall–Kier alpha value is -2.44. The maximum atomic E-state index is 12.7. The molecule has 1 aliphatic rings. The van der Waals surface area contributed by atoms with Gasteiger partial charge in [-0.15, -0.1) is 0 Å². The van der Waals surface area contributed by atoms with Crippen LogP contribution in [-0.4, -0.2) is 43.6 Å². The van der Waals surface area contributed by atoms with E-state index in [0.29, 0.717) is 22.9 Å². The Morgan fingerprint density at radius 1 is 1.35 bits per heavy atom. The number of carbonyl (C=O) groups excluding carboxylic acids is 1. The molecular formula is C16H21N5O2. The molecule has 0 saturated carbocycles. The molecule has 0 atom stereocenters. The van der Waals surface area contributed by atoms with Gasteiger partial charge < -0.3 is 4.90 Å². The van der Waals surface area contributed by atoms with Crippen molar-refractivity contribution >= 4 is 5.91 Å². The van der Waals surface area contributed by atoms with E-state index in [0.717, 1.165) is 19.5 Å². The summed E-state index contributed by atoms with van der Waals surface area (Å²) in [5.41, 5.74) is 1.74. The maximum absolute atomic E-state index is 12.7. The van der Waals surface area contributed by atoms with E-state index in [1.807, 2.05) is 11.8 Å². The smallest absolute Gasteiger partial charge is 0.257 e. The number of amides is 1. The second kappa shape index (κ2) is 5.33. The fourth-order valence-corrected chi connectivity index (χ4v) is 2.95. The van der Waals surface area contributed by atoms with Gasteiger partial charge in [-0.05, 0) is 25.7 Å². The highest BCUT2D eigenvalue weighted by molar-refractivity contribution is 5.95. The topological polar surface area (TPSA) is 83.9 Å². The minimum atomic E-state index is -0.239. The average molecular weight is 315 g/mol. The van der Waals surface area contributed by atoms with Gasteiger partial charge in [0, 0.05) is 24.8 Å². The number of likely N-dealkylation sites (tertiary alicyclic amines) is 1. The van der Waals surface area contributed by atoms with Crippen LogP contribution in [0.2, 0.25) is 0 Å². The highest BCUT2D eigenvalue weighted by Crippen LogP contribution is 2.30. The number of nitrogens with one attached hydrogen (secondary N) is 1. The van der Waals surface area contributed by atoms with Crippen molar-refractivity contribution in [3.8, 4) is 5.95 Å². The highest BCUT2D eigenvalue weighted by Gasteiger charge is 2.33. The van der Waals surface area contributed by atoms with Crippen LogP contribution in [0.3, 0.4) is 0 Å². The minimum Gasteiger partial charge on any atom is -0.338 e. The van der Waals surface area contributed by atoms with Crippen molar-refractivity contribution in [2.24, 2.45) is 5.41 Å². The predicted molar refractivity (Wildman–Crippen MR) is 85.8 cm³/mol. The molecule has 0 aromatic carbocycles. The number of rotatable bonds is 2. The van der Waals surface area contributed by atoms with E-state index in [-0.39, 0.29) is 16.9 Å². The van der Waals surface area contributed by atoms with Gasteiger partial charge in [-0.3, -0.25) is 14.6 Å². The summed E-state index contributed by atoms with van der Waals surface area (Å²) in [5, 5.41) is 4.23. The fraction of sp³-hybridized carbons (Fsp3) is 0.500. The zero-order chi connectivity index (χ0) is 16.8. The van der Waals surface area contributed by atoms with Gasteiger partial charge >= 0.3 is 0 Å². The molecule has 2 aromatic heterocycles. The van der Waals surface area contributed by atoms with E-state index >= 15 is 0 Å². The van der Waals surface area contributed by atoms with Crippen molar-refractivity contribution in [2.45, 2.75) is 34.1 Å². The molecule has 1 amide bonds. The second-order valence-electron chi connectivity index (χ2n) is 6.91. The van der Waals surface area contributed by atoms with Crippen LogP contribution in [0.1, 0.15) is 42.0 Å². The van der Waals surface area contributed by atoms with Gasteiger partial charge in [0.2, 0.25) is 5.95 Å². The molecule has 23 heavy (non-hydrogen) atoms. The summed E-state index contributed by atoms with van der Waals surface area (Å²) in [4.78, 5) is 33.1. The number of H-pyrrole nitrogens is 1. The van der Waals surface area contributed by atoms with Crippen LogP contribution < -0.4 is 5.56 Å². The van der Waals surface area contributed by atoms with E-state index in [1.165, 1.54) is 10.7 Å². The maximum Gasteiger partial charge on any atom is 0.257 e. The zero-order valence-electron chi connectivity index (χ0n) is 13.9. The molecular weight excluding hydrogens is 294 g/mol. The first kappa shape index (κ1) is 15.5. The first-order chi connectivity index (χ1) is 10.8. The van der Waals surface area contributed by atoms with Crippen molar-refractivity contribution in [1.29, 1.82) is 0 Å². The van der Waals surface area contributed by atoms with E-state index in [2.05, 4.69) is 28.9 Å². The largest absolute Gasteiger partial charge is 0.338 e. The number of hydrogen-bond acceptors (Lipinski definition) is 4. The molecule has 0 unspecified atom stereocenters. The molecule has 1 N–H and O–H groups in total. The molecule has 2 aromatic rings. The lowest BCUT2D eigenvalue weighted by atomic mass is 9.93. The minimum absolute atomic E-state index is 0.0191. The van der Waals surface area contributed by atoms with Crippen LogP contribution in [0.15, 0.2) is 17.1 Å². The molecule has 3 rings (SSSR count). The Labute approximate surface area is 134 Å². The van der Waals surface area contributed by atoms with E-state index in [9.17, 15) is 9.59 Å². The van der Waals surface area contributed by atoms with Crippen LogP contribution in [0.4, 0.5) is 0 Å². The third-order valence-corrected chi connectivity index (χ3v) is 4.26. The van der Waals surface area contributed by atoms with Gasteiger partial charge in [0.05, 0.1) is 17.5 Å². The summed E-state index contributed by atoms with van der Waals surface area (Å²) < 4.78 is 1.50. The summed E-state index contributed by atoms with van der Waals surface area (Å²) in [6.45, 7) is 9.39. The zero-order valence-corrected chi connectivity index (χ0v) is 13.9. The molecule has 3 heterocycles. The summed E-state index contributed by atoms with van der Waals surface area (Å²) in [6.07, 6.45) is 2.55. The van der Waals surface area contributed by atoms with Gasteiger partial charge in [-0.2, -0.15) is 5.10 Å². The Morgan fingerprint density at radius 3 is 2.70 bits per heavy atom. The van der Waals surface area contributed by atoms with Crippen LogP contribution in [0.5, 0.6) is 0 Å². The average Bonchev–Trinajstić information content (AvgIpc) is 3.00. The summed E-state index contributed by atoms with van der Waals surface area (Å²) in [5.74, 6) is 0.308. The molecule has 122 valence electrons. The number of aromatic nitrogens is 4. The Morgan fingerprint density at radius 2 is 2.09 bits per heavy atom. The number of aromatic amines is 1. The van der Waals surface area contributed by atoms with Crippen LogP contribution >= 0.6 is 0 Å². The van der Waals surface area contributed by atoms with Gasteiger partial charge in [0.15, 0.2) is 0 Å². The van der Waals surface area contributed by atoms with Crippen LogP contribution in [0, 0.1) is 19.3 Å². The fourth-order valence-electron chi connectivity index (χ4n) is 2.95. The summed E-state index contributed by atoms with van der Waals surface area (Å²) in [6, 6.07) is 1.42. The van der Waals surface area contributed by atoms with Crippen LogP contribution in [0.25, 0.3) is 5.95 Å². The Balaban J connectivity index is 1.93. The monoisotopic (exact) mass is 315 g/mol. The third kappa shape index (κ3) is 2.91. The van der Waals surface area contributed by atoms with Crippen molar-refractivity contribution in [2.75, 3.05) is 13.1 Å². The highest BCUT2D eigenvalue weighted by atomic mass is 16.2. The lowest BCUT2D eigenvalue weighted by Gasteiger charge is -2.19. The normalized spacial score (nSPS) is 16.8. The summed E-state index contributed by atoms with van der Waals surface area (Å²) in [7, 11) is 0. The molecule has 0 aliphatic carbocycles. The Bertz CT molecular complexity index is 818. The number of nitrogens with zero attached hydrogens (tertiary/aromatic N) is 4. The SMILES string of the molecule is Cc1cc(=O)[nH]c(-n2ncc(C(=O)N3CCC(C)(C)C3)c2C)n1. The van der Waals surface area contributed by atoms with Crippen molar-refractivity contribution in [3.63, 3.8) is 0 Å². The van der Waals surface area contributed by atoms with E-state index < -0.39 is 0 Å². The van der Waals surface area contributed by atoms with Gasteiger partial charge in [-0.1, -0.05) is 13.8 Å². The van der Waals surface area contributed by atoms with Crippen LogP contribution in [-0.2, 0) is 0 Å². The van der Waals surface area contributed by atoms with Crippen molar-refractivity contribution < 1.29 is 4.79 Å². The summed E-state index contributed by atoms with van der Waals surface area (Å²) >= 11 is 0. The molecule has 1 saturated heterocycles. The molecule has 1 fully saturated rings. The molecule has 7 heteroatoms. The standard InChI is InChI=1S/C16H21N5O2/c1-10-7-13(22)19-15(18-10)21-11(2)12(8-17-21)14(23)20-6-5-16(3,4)9-20/h7-8H,5-6,9H2,1-4H3,(H,18,19,22). The number of carbonyl (C=O) groups is 1. The van der Waals surface area contributed by atoms with Crippen molar-refractivity contribution in [1.82, 2.24) is 24.6 Å². The molecule has 0 bridgehead atoms. The lowest BCUT2D eigenvalue weighted by Crippen LogP contribution is -2.30. The third-order valence-electron chi connectivity index (χ3n) is 4.26. The first-order valence-electron chi connectivity index (χ1n) is 7.69. The van der Waals surface area contributed by atoms with Gasteiger partial charge in [0.25, 0.3) is 11.5 Å². The van der Waals surface area contributed by atoms with E-state index in [1.54, 1.807) is 13.1 Å². The van der Waals surface area contributed by atoms with Crippen molar-refractivity contribution in [3.05, 3.63) is 39.6 Å². The lowest BCUT2D eigenvalue weighted by molar-refractivity contribution is 0.0777. The number of aryl methyl sites for hydroxylation is 1. The second-order valence-corrected chi connectivity index (χ2v) is 6.91. The van der Waals surface area contributed by atoms with Gasteiger partial charge in [0.1, 0.15) is 0 Å². The number of hydrogen-bond donors (Lipinski definition) is 1. The molecule has 1 aliphatic heterocycles. The molecule has 0 spiro atoms. The quantitative estimate of drug-likeness (QED) is 0.909. The first-order valence-corrected chi connectivity index (χ1v) is 7.69.